The van der Waals surface area contributed by atoms with Gasteiger partial charge in [0.1, 0.15) is 16.7 Å². The monoisotopic (exact) mass is 528 g/mol. The van der Waals surface area contributed by atoms with Crippen LogP contribution in [0.3, 0.4) is 0 Å². The number of rotatable bonds is 13. The van der Waals surface area contributed by atoms with Crippen molar-refractivity contribution >= 4 is 15.9 Å². The number of nitrogens with zero attached hydrogens (tertiary/aromatic N) is 1. The largest absolute Gasteiger partial charge is 0.439 e. The Morgan fingerprint density at radius 2 is 1.58 bits per heavy atom. The molecule has 0 spiro atoms. The van der Waals surface area contributed by atoms with E-state index in [0.29, 0.717) is 12.3 Å². The van der Waals surface area contributed by atoms with Crippen LogP contribution in [0.2, 0.25) is 0 Å². The summed E-state index contributed by atoms with van der Waals surface area (Å²) in [5, 5.41) is 2.89. The van der Waals surface area contributed by atoms with Gasteiger partial charge in [-0.25, -0.2) is 13.4 Å². The fourth-order valence-electron chi connectivity index (χ4n) is 3.87. The quantitative estimate of drug-likeness (QED) is 0.245. The minimum atomic E-state index is -4.02. The third-order valence-electron chi connectivity index (χ3n) is 5.86. The molecule has 1 aromatic heterocycles. The van der Waals surface area contributed by atoms with Crippen LogP contribution in [0.1, 0.15) is 24.0 Å². The van der Waals surface area contributed by atoms with Crippen molar-refractivity contribution in [2.24, 2.45) is 0 Å². The Balaban J connectivity index is 1.38. The molecule has 3 aromatic carbocycles. The van der Waals surface area contributed by atoms with Crippen LogP contribution in [0.5, 0.6) is 11.6 Å². The molecule has 1 amide bonds. The molecule has 7 nitrogen and oxygen atoms in total. The van der Waals surface area contributed by atoms with Crippen molar-refractivity contribution < 1.29 is 17.9 Å². The molecule has 0 aliphatic heterocycles. The van der Waals surface area contributed by atoms with Crippen molar-refractivity contribution in [3.8, 4) is 11.6 Å². The lowest BCUT2D eigenvalue weighted by atomic mass is 10.1. The highest BCUT2D eigenvalue weighted by molar-refractivity contribution is 7.89. The molecule has 1 heterocycles. The molecule has 0 aliphatic rings. The van der Waals surface area contributed by atoms with Crippen LogP contribution < -0.4 is 14.8 Å². The third kappa shape index (κ3) is 8.26. The Kier molecular flexibility index (Phi) is 9.61. The normalized spacial score (nSPS) is 12.0. The summed E-state index contributed by atoms with van der Waals surface area (Å²) in [6.45, 7) is 0.458. The maximum absolute atomic E-state index is 13.2. The molecular weight excluding hydrogens is 498 g/mol. The molecular formula is C30H30N3O4S. The number of pyridine rings is 1. The summed E-state index contributed by atoms with van der Waals surface area (Å²) in [6.07, 6.45) is 4.04. The van der Waals surface area contributed by atoms with Gasteiger partial charge in [0.05, 0.1) is 6.20 Å². The van der Waals surface area contributed by atoms with E-state index in [0.717, 1.165) is 24.8 Å². The number of sulfonamides is 1. The minimum Gasteiger partial charge on any atom is -0.439 e. The molecule has 1 radical (unpaired) electrons. The number of hydrogen-bond acceptors (Lipinski definition) is 5. The number of carbonyl (C=O) groups is 1. The lowest BCUT2D eigenvalue weighted by Gasteiger charge is -2.19. The Labute approximate surface area is 224 Å². The highest BCUT2D eigenvalue weighted by atomic mass is 32.2. The van der Waals surface area contributed by atoms with E-state index in [2.05, 4.69) is 33.2 Å². The Bertz CT molecular complexity index is 1380. The van der Waals surface area contributed by atoms with Crippen LogP contribution in [-0.4, -0.2) is 31.9 Å². The summed E-state index contributed by atoms with van der Waals surface area (Å²) < 4.78 is 34.5. The maximum Gasteiger partial charge on any atom is 0.242 e. The number of hydrogen-bond donors (Lipinski definition) is 2. The Hall–Kier alpha value is -4.01. The van der Waals surface area contributed by atoms with Crippen LogP contribution in [0.4, 0.5) is 0 Å². The fraction of sp³-hybridized carbons (Fsp3) is 0.200. The standard InChI is InChI=1S/C30H30N3O4S/c34-30(31-21-11-10-14-24-12-4-1-5-13-24)28(22-25-15-6-2-7-16-25)33-38(35,36)27-19-20-29(32-23-27)37-26-17-8-3-9-18-26/h1,3-9,12-13,15-20,23,28,33H,10-11,14,21-22H2,(H,31,34). The van der Waals surface area contributed by atoms with Gasteiger partial charge >= 0.3 is 0 Å². The highest BCUT2D eigenvalue weighted by Gasteiger charge is 2.26. The first-order valence-corrected chi connectivity index (χ1v) is 14.0. The number of amides is 1. The number of aromatic nitrogens is 1. The van der Waals surface area contributed by atoms with Gasteiger partial charge in [0.2, 0.25) is 21.8 Å². The molecule has 0 saturated heterocycles. The van der Waals surface area contributed by atoms with Crippen LogP contribution in [-0.2, 0) is 27.7 Å². The second-order valence-electron chi connectivity index (χ2n) is 8.77. The van der Waals surface area contributed by atoms with E-state index < -0.39 is 16.1 Å². The molecule has 2 N–H and O–H groups in total. The Morgan fingerprint density at radius 1 is 0.868 bits per heavy atom. The average Bonchev–Trinajstić information content (AvgIpc) is 2.94. The van der Waals surface area contributed by atoms with E-state index in [1.54, 1.807) is 24.3 Å². The van der Waals surface area contributed by atoms with Gasteiger partial charge in [0.25, 0.3) is 0 Å². The zero-order chi connectivity index (χ0) is 26.6. The van der Waals surface area contributed by atoms with Crippen molar-refractivity contribution in [1.29, 1.82) is 0 Å². The van der Waals surface area contributed by atoms with E-state index in [9.17, 15) is 13.2 Å². The van der Waals surface area contributed by atoms with Crippen molar-refractivity contribution in [3.05, 3.63) is 120 Å². The SMILES string of the molecule is O=C(NCCCCc1ccccc1)C(Cc1cc[c]cc1)NS(=O)(=O)c1ccc(Oc2ccccc2)nc1. The first-order valence-electron chi connectivity index (χ1n) is 12.5. The van der Waals surface area contributed by atoms with E-state index in [1.807, 2.05) is 48.5 Å². The molecule has 0 aliphatic carbocycles. The summed E-state index contributed by atoms with van der Waals surface area (Å²) in [7, 11) is -4.02. The number of unbranched alkanes of at least 4 members (excludes halogenated alkanes) is 1. The van der Waals surface area contributed by atoms with E-state index in [4.69, 9.17) is 4.74 Å². The second kappa shape index (κ2) is 13.5. The molecule has 38 heavy (non-hydrogen) atoms. The summed E-state index contributed by atoms with van der Waals surface area (Å²) in [4.78, 5) is 17.1. The highest BCUT2D eigenvalue weighted by Crippen LogP contribution is 2.20. The van der Waals surface area contributed by atoms with Crippen molar-refractivity contribution in [2.45, 2.75) is 36.6 Å². The zero-order valence-electron chi connectivity index (χ0n) is 20.9. The lowest BCUT2D eigenvalue weighted by molar-refractivity contribution is -0.122. The minimum absolute atomic E-state index is 0.0556. The van der Waals surface area contributed by atoms with Crippen LogP contribution in [0, 0.1) is 6.07 Å². The molecule has 8 heteroatoms. The molecule has 0 bridgehead atoms. The average molecular weight is 529 g/mol. The van der Waals surface area contributed by atoms with Crippen molar-refractivity contribution in [3.63, 3.8) is 0 Å². The fourth-order valence-corrected chi connectivity index (χ4v) is 5.01. The molecule has 0 fully saturated rings. The van der Waals surface area contributed by atoms with Gasteiger partial charge in [-0.05, 0) is 61.1 Å². The maximum atomic E-state index is 13.2. The summed E-state index contributed by atoms with van der Waals surface area (Å²) in [5.74, 6) is 0.480. The summed E-state index contributed by atoms with van der Waals surface area (Å²) in [6, 6.07) is 31.2. The van der Waals surface area contributed by atoms with Gasteiger partial charge in [-0.1, -0.05) is 72.8 Å². The molecule has 4 rings (SSSR count). The predicted molar refractivity (Wildman–Crippen MR) is 146 cm³/mol. The molecule has 1 unspecified atom stereocenters. The van der Waals surface area contributed by atoms with Crippen molar-refractivity contribution in [2.75, 3.05) is 6.54 Å². The zero-order valence-corrected chi connectivity index (χ0v) is 21.7. The number of para-hydroxylation sites is 1. The number of carbonyl (C=O) groups excluding carboxylic acids is 1. The lowest BCUT2D eigenvalue weighted by Crippen LogP contribution is -2.48. The Morgan fingerprint density at radius 3 is 2.26 bits per heavy atom. The van der Waals surface area contributed by atoms with Gasteiger partial charge in [0.15, 0.2) is 0 Å². The van der Waals surface area contributed by atoms with Crippen molar-refractivity contribution in [1.82, 2.24) is 15.0 Å². The molecule has 195 valence electrons. The van der Waals surface area contributed by atoms with Gasteiger partial charge in [-0.2, -0.15) is 4.72 Å². The number of ether oxygens (including phenoxy) is 1. The van der Waals surface area contributed by atoms with E-state index in [1.165, 1.54) is 23.9 Å². The van der Waals surface area contributed by atoms with Gasteiger partial charge in [-0.15, -0.1) is 0 Å². The topological polar surface area (TPSA) is 97.4 Å². The summed E-state index contributed by atoms with van der Waals surface area (Å²) in [5.41, 5.74) is 2.07. The van der Waals surface area contributed by atoms with Crippen LogP contribution >= 0.6 is 0 Å². The van der Waals surface area contributed by atoms with Gasteiger partial charge in [0, 0.05) is 12.6 Å². The van der Waals surface area contributed by atoms with E-state index in [-0.39, 0.29) is 23.1 Å². The first-order chi connectivity index (χ1) is 18.5. The third-order valence-corrected chi connectivity index (χ3v) is 7.32. The molecule has 0 saturated carbocycles. The van der Waals surface area contributed by atoms with Gasteiger partial charge in [-0.3, -0.25) is 4.79 Å². The van der Waals surface area contributed by atoms with Crippen LogP contribution in [0.15, 0.2) is 108 Å². The second-order valence-corrected chi connectivity index (χ2v) is 10.5. The molecule has 4 aromatic rings. The predicted octanol–water partition coefficient (Wildman–Crippen LogP) is 4.70. The molecule has 1 atom stereocenters. The van der Waals surface area contributed by atoms with E-state index >= 15 is 0 Å². The number of nitrogens with one attached hydrogen (secondary N) is 2. The van der Waals surface area contributed by atoms with Crippen LogP contribution in [0.25, 0.3) is 0 Å². The van der Waals surface area contributed by atoms with Gasteiger partial charge < -0.3 is 10.1 Å². The first kappa shape index (κ1) is 27.0. The smallest absolute Gasteiger partial charge is 0.242 e. The number of benzene rings is 3. The summed E-state index contributed by atoms with van der Waals surface area (Å²) >= 11 is 0. The number of aryl methyl sites for hydroxylation is 1.